The summed E-state index contributed by atoms with van der Waals surface area (Å²) >= 11 is 5.98. The second-order valence-corrected chi connectivity index (χ2v) is 7.50. The Balaban J connectivity index is 1.59. The van der Waals surface area contributed by atoms with Gasteiger partial charge in [-0.3, -0.25) is 4.79 Å². The first kappa shape index (κ1) is 18.8. The lowest BCUT2D eigenvalue weighted by Gasteiger charge is -2.30. The number of nitrogens with one attached hydrogen (secondary N) is 1. The zero-order valence-corrected chi connectivity index (χ0v) is 15.8. The molecule has 3 atom stereocenters. The second-order valence-electron chi connectivity index (χ2n) is 7.06. The quantitative estimate of drug-likeness (QED) is 0.812. The molecule has 3 rings (SSSR count). The van der Waals surface area contributed by atoms with Crippen LogP contribution in [0.4, 0.5) is 0 Å². The van der Waals surface area contributed by atoms with Crippen molar-refractivity contribution in [3.63, 3.8) is 0 Å². The molecule has 0 radical (unpaired) electrons. The number of carbonyl (C=O) groups is 2. The van der Waals surface area contributed by atoms with Crippen LogP contribution in [0.5, 0.6) is 5.75 Å². The fraction of sp³-hybridized carbons (Fsp3) is 0.500. The van der Waals surface area contributed by atoms with Crippen molar-refractivity contribution >= 4 is 29.6 Å². The van der Waals surface area contributed by atoms with Gasteiger partial charge in [0.1, 0.15) is 12.4 Å². The van der Waals surface area contributed by atoms with Crippen LogP contribution in [0.2, 0.25) is 5.02 Å². The monoisotopic (exact) mass is 377 g/mol. The molecule has 1 aliphatic carbocycles. The van der Waals surface area contributed by atoms with Gasteiger partial charge in [0.05, 0.1) is 5.57 Å². The van der Waals surface area contributed by atoms with Crippen LogP contribution in [0.15, 0.2) is 23.8 Å². The zero-order chi connectivity index (χ0) is 18.7. The standard InChI is InChI=1S/C20H24ClNO4/c1-12-5-3-4-6-17(12)22-19(23)13(2)26-20(24)15-9-14-10-16(21)7-8-18(14)25-11-15/h7-10,12-13,17H,3-6,11H2,1-2H3,(H,22,23). The summed E-state index contributed by atoms with van der Waals surface area (Å²) in [6.07, 6.45) is 5.27. The molecule has 1 N–H and O–H groups in total. The SMILES string of the molecule is CC(OC(=O)C1=Cc2cc(Cl)ccc2OC1)C(=O)NC1CCCCC1C. The first-order valence-electron chi connectivity index (χ1n) is 9.08. The largest absolute Gasteiger partial charge is 0.488 e. The minimum absolute atomic E-state index is 0.113. The predicted octanol–water partition coefficient (Wildman–Crippen LogP) is 3.74. The highest BCUT2D eigenvalue weighted by atomic mass is 35.5. The number of benzene rings is 1. The Kier molecular flexibility index (Phi) is 5.87. The highest BCUT2D eigenvalue weighted by molar-refractivity contribution is 6.30. The maximum absolute atomic E-state index is 12.4. The average molecular weight is 378 g/mol. The Labute approximate surface area is 158 Å². The fourth-order valence-corrected chi connectivity index (χ4v) is 3.57. The van der Waals surface area contributed by atoms with Crippen LogP contribution in [-0.2, 0) is 14.3 Å². The van der Waals surface area contributed by atoms with E-state index in [1.807, 2.05) is 0 Å². The number of hydrogen-bond acceptors (Lipinski definition) is 4. The molecule has 1 amide bonds. The van der Waals surface area contributed by atoms with Crippen LogP contribution in [0.3, 0.4) is 0 Å². The number of amides is 1. The minimum atomic E-state index is -0.849. The van der Waals surface area contributed by atoms with Crippen molar-refractivity contribution in [3.8, 4) is 5.75 Å². The average Bonchev–Trinajstić information content (AvgIpc) is 2.62. The zero-order valence-electron chi connectivity index (χ0n) is 15.1. The molecule has 2 aliphatic rings. The molecule has 1 aromatic rings. The summed E-state index contributed by atoms with van der Waals surface area (Å²) in [4.78, 5) is 24.7. The van der Waals surface area contributed by atoms with Gasteiger partial charge in [-0.25, -0.2) is 4.79 Å². The summed E-state index contributed by atoms with van der Waals surface area (Å²) in [5, 5.41) is 3.58. The number of halogens is 1. The van der Waals surface area contributed by atoms with E-state index in [2.05, 4.69) is 12.2 Å². The normalized spacial score (nSPS) is 23.1. The van der Waals surface area contributed by atoms with E-state index in [1.165, 1.54) is 6.42 Å². The molecular formula is C20H24ClNO4. The molecule has 0 bridgehead atoms. The second kappa shape index (κ2) is 8.12. The molecule has 1 aliphatic heterocycles. The van der Waals surface area contributed by atoms with Gasteiger partial charge in [-0.05, 0) is 50.0 Å². The molecule has 1 heterocycles. The smallest absolute Gasteiger partial charge is 0.338 e. The van der Waals surface area contributed by atoms with Crippen LogP contribution in [0, 0.1) is 5.92 Å². The van der Waals surface area contributed by atoms with Gasteiger partial charge in [-0.2, -0.15) is 0 Å². The lowest BCUT2D eigenvalue weighted by atomic mass is 9.86. The molecule has 6 heteroatoms. The van der Waals surface area contributed by atoms with Gasteiger partial charge < -0.3 is 14.8 Å². The molecule has 140 valence electrons. The van der Waals surface area contributed by atoms with Crippen LogP contribution in [0.25, 0.3) is 6.08 Å². The maximum atomic E-state index is 12.4. The number of hydrogen-bond donors (Lipinski definition) is 1. The number of ether oxygens (including phenoxy) is 2. The lowest BCUT2D eigenvalue weighted by molar-refractivity contribution is -0.151. The molecule has 0 aromatic heterocycles. The highest BCUT2D eigenvalue weighted by Gasteiger charge is 2.27. The molecule has 5 nitrogen and oxygen atoms in total. The van der Waals surface area contributed by atoms with E-state index in [0.29, 0.717) is 22.3 Å². The molecule has 1 saturated carbocycles. The number of esters is 1. The van der Waals surface area contributed by atoms with Gasteiger partial charge in [0.25, 0.3) is 5.91 Å². The topological polar surface area (TPSA) is 64.6 Å². The summed E-state index contributed by atoms with van der Waals surface area (Å²) in [5.74, 6) is 0.321. The molecule has 3 unspecified atom stereocenters. The van der Waals surface area contributed by atoms with Crippen molar-refractivity contribution in [1.82, 2.24) is 5.32 Å². The van der Waals surface area contributed by atoms with Crippen LogP contribution >= 0.6 is 11.6 Å². The maximum Gasteiger partial charge on any atom is 0.338 e. The molecule has 1 aromatic carbocycles. The number of rotatable bonds is 4. The fourth-order valence-electron chi connectivity index (χ4n) is 3.39. The summed E-state index contributed by atoms with van der Waals surface area (Å²) in [7, 11) is 0. The van der Waals surface area contributed by atoms with E-state index in [9.17, 15) is 9.59 Å². The van der Waals surface area contributed by atoms with Crippen molar-refractivity contribution in [2.24, 2.45) is 5.92 Å². The summed E-state index contributed by atoms with van der Waals surface area (Å²) in [5.41, 5.74) is 1.09. The first-order valence-corrected chi connectivity index (χ1v) is 9.46. The summed E-state index contributed by atoms with van der Waals surface area (Å²) in [6.45, 7) is 3.85. The van der Waals surface area contributed by atoms with Crippen molar-refractivity contribution in [2.75, 3.05) is 6.61 Å². The Morgan fingerprint density at radius 1 is 1.31 bits per heavy atom. The van der Waals surface area contributed by atoms with Gasteiger partial charge >= 0.3 is 5.97 Å². The Hall–Kier alpha value is -2.01. The minimum Gasteiger partial charge on any atom is -0.488 e. The van der Waals surface area contributed by atoms with E-state index >= 15 is 0 Å². The van der Waals surface area contributed by atoms with E-state index < -0.39 is 12.1 Å². The van der Waals surface area contributed by atoms with Gasteiger partial charge in [0.15, 0.2) is 6.10 Å². The van der Waals surface area contributed by atoms with Crippen molar-refractivity contribution in [3.05, 3.63) is 34.4 Å². The van der Waals surface area contributed by atoms with E-state index in [1.54, 1.807) is 31.2 Å². The third-order valence-electron chi connectivity index (χ3n) is 5.04. The third-order valence-corrected chi connectivity index (χ3v) is 5.27. The Bertz CT molecular complexity index is 731. The molecule has 26 heavy (non-hydrogen) atoms. The highest BCUT2D eigenvalue weighted by Crippen LogP contribution is 2.29. The van der Waals surface area contributed by atoms with Crippen molar-refractivity contribution < 1.29 is 19.1 Å². The molecule has 0 saturated heterocycles. The van der Waals surface area contributed by atoms with Gasteiger partial charge in [0, 0.05) is 16.6 Å². The van der Waals surface area contributed by atoms with Gasteiger partial charge in [-0.15, -0.1) is 0 Å². The number of carbonyl (C=O) groups excluding carboxylic acids is 2. The van der Waals surface area contributed by atoms with Crippen molar-refractivity contribution in [1.29, 1.82) is 0 Å². The van der Waals surface area contributed by atoms with Crippen LogP contribution < -0.4 is 10.1 Å². The summed E-state index contributed by atoms with van der Waals surface area (Å²) in [6, 6.07) is 5.38. The predicted molar refractivity (Wildman–Crippen MR) is 100 cm³/mol. The first-order chi connectivity index (χ1) is 12.4. The Morgan fingerprint density at radius 2 is 2.08 bits per heavy atom. The van der Waals surface area contributed by atoms with Crippen LogP contribution in [0.1, 0.15) is 45.1 Å². The van der Waals surface area contributed by atoms with Gasteiger partial charge in [-0.1, -0.05) is 31.4 Å². The molecular weight excluding hydrogens is 354 g/mol. The van der Waals surface area contributed by atoms with E-state index in [0.717, 1.165) is 24.8 Å². The van der Waals surface area contributed by atoms with Crippen LogP contribution in [-0.4, -0.2) is 30.6 Å². The third kappa shape index (κ3) is 4.39. The van der Waals surface area contributed by atoms with Gasteiger partial charge in [0.2, 0.25) is 0 Å². The Morgan fingerprint density at radius 3 is 2.85 bits per heavy atom. The molecule has 0 spiro atoms. The van der Waals surface area contributed by atoms with E-state index in [-0.39, 0.29) is 18.6 Å². The summed E-state index contributed by atoms with van der Waals surface area (Å²) < 4.78 is 10.9. The lowest BCUT2D eigenvalue weighted by Crippen LogP contribution is -2.46. The van der Waals surface area contributed by atoms with E-state index in [4.69, 9.17) is 21.1 Å². The molecule has 1 fully saturated rings. The number of fused-ring (bicyclic) bond motifs is 1. The van der Waals surface area contributed by atoms with Crippen molar-refractivity contribution in [2.45, 2.75) is 51.7 Å².